The predicted octanol–water partition coefficient (Wildman–Crippen LogP) is 4.88. The molecule has 2 N–H and O–H groups in total. The second-order valence-corrected chi connectivity index (χ2v) is 18.2. The van der Waals surface area contributed by atoms with Gasteiger partial charge in [-0.15, -0.1) is 0 Å². The van der Waals surface area contributed by atoms with E-state index >= 15 is 4.79 Å². The molecule has 66 heavy (non-hydrogen) atoms. The van der Waals surface area contributed by atoms with Crippen LogP contribution in [0.5, 0.6) is 0 Å². The molecule has 15 nitrogen and oxygen atoms in total. The average molecular weight is 920 g/mol. The van der Waals surface area contributed by atoms with Crippen molar-refractivity contribution in [3.63, 3.8) is 0 Å². The fourth-order valence-corrected chi connectivity index (χ4v) is 9.78. The molecule has 18 heteroatoms. The standard InChI is InChI=1S/C48H52F3N3O12/c1-45(2,3)63-37(57)23-21-33(27-55)52-42(58)34-19-12-24-53(34)44(60)46-25-35-38-39(65-48(64-38,31-15-6-4-7-16-31)32-17-8-5-9-18-32)41(46)66-54(40(46)43(59)62-35)26-30-14-11-10-13-29(30)20-22-36(56)61-28-47(49,50)51/h4-11,13-18,20,22,33-35,38-41,55H,12,19,21,23-28H2,1-3H3,(H,52,58)/t33-,34+,35+,38-,39-,40-,41+,46-/m0/s1. The lowest BCUT2D eigenvalue weighted by Gasteiger charge is -2.50. The Morgan fingerprint density at radius 2 is 1.59 bits per heavy atom. The summed E-state index contributed by atoms with van der Waals surface area (Å²) in [7, 11) is 0. The van der Waals surface area contributed by atoms with Crippen molar-refractivity contribution in [3.8, 4) is 0 Å². The van der Waals surface area contributed by atoms with Crippen LogP contribution >= 0.6 is 0 Å². The van der Waals surface area contributed by atoms with Gasteiger partial charge in [0.2, 0.25) is 17.6 Å². The molecule has 0 aromatic heterocycles. The largest absolute Gasteiger partial charge is 0.460 e. The van der Waals surface area contributed by atoms with Crippen molar-refractivity contribution in [3.05, 3.63) is 113 Å². The molecule has 2 bridgehead atoms. The molecule has 8 rings (SSSR count). The van der Waals surface area contributed by atoms with Gasteiger partial charge in [0.1, 0.15) is 41.5 Å². The van der Waals surface area contributed by atoms with Crippen LogP contribution in [0.3, 0.4) is 0 Å². The highest BCUT2D eigenvalue weighted by molar-refractivity contribution is 5.97. The molecule has 2 amide bonds. The average Bonchev–Trinajstić information content (AvgIpc) is 4.03. The summed E-state index contributed by atoms with van der Waals surface area (Å²) in [5.74, 6) is -5.13. The highest BCUT2D eigenvalue weighted by atomic mass is 19.4. The number of alkyl halides is 3. The monoisotopic (exact) mass is 919 g/mol. The zero-order valence-electron chi connectivity index (χ0n) is 36.6. The molecule has 0 radical (unpaired) electrons. The van der Waals surface area contributed by atoms with Crippen LogP contribution in [0, 0.1) is 5.41 Å². The van der Waals surface area contributed by atoms with Gasteiger partial charge < -0.3 is 39.0 Å². The summed E-state index contributed by atoms with van der Waals surface area (Å²) in [5.41, 5.74) is -0.315. The summed E-state index contributed by atoms with van der Waals surface area (Å²) in [6.07, 6.45) is -6.09. The quantitative estimate of drug-likeness (QED) is 0.127. The Labute approximate surface area is 379 Å². The van der Waals surface area contributed by atoms with Crippen molar-refractivity contribution in [1.29, 1.82) is 0 Å². The van der Waals surface area contributed by atoms with E-state index in [1.165, 1.54) is 16.0 Å². The van der Waals surface area contributed by atoms with Gasteiger partial charge in [0.25, 0.3) is 0 Å². The lowest BCUT2D eigenvalue weighted by Crippen LogP contribution is -2.70. The number of likely N-dealkylation sites (tertiary alicyclic amines) is 1. The number of halogens is 3. The second kappa shape index (κ2) is 18.6. The van der Waals surface area contributed by atoms with E-state index in [1.54, 1.807) is 45.0 Å². The molecule has 5 fully saturated rings. The zero-order valence-corrected chi connectivity index (χ0v) is 36.6. The Bertz CT molecular complexity index is 2290. The van der Waals surface area contributed by atoms with Gasteiger partial charge in [-0.1, -0.05) is 84.9 Å². The molecule has 0 spiro atoms. The number of benzene rings is 3. The Hall–Kier alpha value is -5.66. The van der Waals surface area contributed by atoms with Gasteiger partial charge in [-0.05, 0) is 57.2 Å². The van der Waals surface area contributed by atoms with Crippen LogP contribution in [0.1, 0.15) is 75.1 Å². The Balaban J connectivity index is 1.14. The Morgan fingerprint density at radius 1 is 0.939 bits per heavy atom. The fraction of sp³-hybridized carbons (Fsp3) is 0.479. The third-order valence-corrected chi connectivity index (χ3v) is 12.5. The predicted molar refractivity (Wildman–Crippen MR) is 226 cm³/mol. The van der Waals surface area contributed by atoms with Crippen LogP contribution in [-0.4, -0.2) is 119 Å². The van der Waals surface area contributed by atoms with Crippen molar-refractivity contribution >= 4 is 35.8 Å². The minimum Gasteiger partial charge on any atom is -0.460 e. The number of rotatable bonds is 14. The molecule has 3 aromatic rings. The molecule has 8 atom stereocenters. The lowest BCUT2D eigenvalue weighted by atomic mass is 9.62. The van der Waals surface area contributed by atoms with Gasteiger partial charge in [0, 0.05) is 36.6 Å². The minimum absolute atomic E-state index is 0.0693. The number of fused-ring (bicyclic) bond motifs is 4. The number of nitrogens with one attached hydrogen (secondary N) is 1. The number of hydrogen-bond donors (Lipinski definition) is 2. The summed E-state index contributed by atoms with van der Waals surface area (Å²) in [6, 6.07) is 21.8. The molecule has 1 aliphatic carbocycles. The third-order valence-electron chi connectivity index (χ3n) is 12.5. The van der Waals surface area contributed by atoms with E-state index in [1.807, 2.05) is 60.7 Å². The maximum atomic E-state index is 15.7. The number of carbonyl (C=O) groups excluding carboxylic acids is 5. The number of carbonyl (C=O) groups is 5. The van der Waals surface area contributed by atoms with E-state index in [4.69, 9.17) is 23.8 Å². The van der Waals surface area contributed by atoms with Crippen LogP contribution < -0.4 is 5.32 Å². The van der Waals surface area contributed by atoms with E-state index < -0.39 is 108 Å². The molecule has 4 aliphatic heterocycles. The first-order chi connectivity index (χ1) is 31.4. The summed E-state index contributed by atoms with van der Waals surface area (Å²) in [4.78, 5) is 77.5. The zero-order chi connectivity index (χ0) is 47.0. The molecule has 0 unspecified atom stereocenters. The Morgan fingerprint density at radius 3 is 2.24 bits per heavy atom. The first-order valence-electron chi connectivity index (χ1n) is 22.0. The lowest BCUT2D eigenvalue weighted by molar-refractivity contribution is -0.214. The summed E-state index contributed by atoms with van der Waals surface area (Å²) in [6.45, 7) is 2.95. The number of hydrogen-bond acceptors (Lipinski definition) is 13. The first-order valence-corrected chi connectivity index (χ1v) is 22.0. The second-order valence-electron chi connectivity index (χ2n) is 18.2. The molecule has 352 valence electrons. The summed E-state index contributed by atoms with van der Waals surface area (Å²) in [5, 5.41) is 14.4. The highest BCUT2D eigenvalue weighted by Crippen LogP contribution is 2.60. The van der Waals surface area contributed by atoms with Gasteiger partial charge in [0.05, 0.1) is 19.2 Å². The molecule has 1 saturated carbocycles. The van der Waals surface area contributed by atoms with E-state index in [9.17, 15) is 37.5 Å². The maximum absolute atomic E-state index is 15.7. The number of aliphatic hydroxyl groups is 1. The van der Waals surface area contributed by atoms with Gasteiger partial charge in [0.15, 0.2) is 12.6 Å². The minimum atomic E-state index is -4.72. The van der Waals surface area contributed by atoms with Crippen molar-refractivity contribution in [2.75, 3.05) is 19.8 Å². The topological polar surface area (TPSA) is 179 Å². The van der Waals surface area contributed by atoms with Gasteiger partial charge >= 0.3 is 24.1 Å². The van der Waals surface area contributed by atoms with Gasteiger partial charge in [-0.2, -0.15) is 18.2 Å². The van der Waals surface area contributed by atoms with Crippen molar-refractivity contribution in [2.45, 2.75) is 120 Å². The number of amides is 2. The molecular formula is C48H52F3N3O12. The van der Waals surface area contributed by atoms with Crippen LogP contribution in [0.4, 0.5) is 13.2 Å². The van der Waals surface area contributed by atoms with Crippen molar-refractivity contribution in [2.24, 2.45) is 5.41 Å². The number of esters is 3. The van der Waals surface area contributed by atoms with E-state index in [2.05, 4.69) is 10.1 Å². The molecule has 3 aromatic carbocycles. The van der Waals surface area contributed by atoms with Crippen LogP contribution in [0.2, 0.25) is 0 Å². The maximum Gasteiger partial charge on any atom is 0.422 e. The van der Waals surface area contributed by atoms with Crippen molar-refractivity contribution < 1.29 is 70.8 Å². The van der Waals surface area contributed by atoms with Gasteiger partial charge in [-0.3, -0.25) is 24.0 Å². The molecule has 5 aliphatic rings. The van der Waals surface area contributed by atoms with E-state index in [0.717, 1.165) is 6.08 Å². The molecule has 4 heterocycles. The van der Waals surface area contributed by atoms with Gasteiger partial charge in [-0.25, -0.2) is 4.79 Å². The van der Waals surface area contributed by atoms with Crippen LogP contribution in [0.25, 0.3) is 6.08 Å². The SMILES string of the molecule is CC(C)(C)OC(=O)CC[C@@H](CO)NC(=O)[C@H]1CCCN1C(=O)[C@@]12C[C@H]3OC(=O)[C@@H]1N(Cc1ccccc1C=CC(=O)OCC(F)(F)F)O[C@@H]2[C@H]1OC(c2ccccc2)(c2ccccc2)O[C@H]13. The number of hydroxylamine groups is 2. The van der Waals surface area contributed by atoms with Crippen molar-refractivity contribution in [1.82, 2.24) is 15.3 Å². The van der Waals surface area contributed by atoms with E-state index in [0.29, 0.717) is 28.7 Å². The summed E-state index contributed by atoms with van der Waals surface area (Å²) >= 11 is 0. The Kier molecular flexibility index (Phi) is 13.2. The molecular weight excluding hydrogens is 868 g/mol. The fourth-order valence-electron chi connectivity index (χ4n) is 9.78. The molecule has 4 saturated heterocycles. The normalized spacial score (nSPS) is 27.3. The van der Waals surface area contributed by atoms with Crippen LogP contribution in [-0.2, 0) is 64.8 Å². The number of aliphatic hydroxyl groups excluding tert-OH is 1. The third kappa shape index (κ3) is 9.34. The number of nitrogens with zero attached hydrogens (tertiary/aromatic N) is 2. The first kappa shape index (κ1) is 46.9. The highest BCUT2D eigenvalue weighted by Gasteiger charge is 2.77. The van der Waals surface area contributed by atoms with Crippen LogP contribution in [0.15, 0.2) is 91.0 Å². The smallest absolute Gasteiger partial charge is 0.422 e. The summed E-state index contributed by atoms with van der Waals surface area (Å²) < 4.78 is 68.3. The number of ether oxygens (including phenoxy) is 5. The van der Waals surface area contributed by atoms with E-state index in [-0.39, 0.29) is 38.8 Å².